The summed E-state index contributed by atoms with van der Waals surface area (Å²) in [5.74, 6) is -1.03. The van der Waals surface area contributed by atoms with Crippen LogP contribution in [0.5, 0.6) is 0 Å². The molecule has 0 aromatic heterocycles. The molecule has 8 heteroatoms. The molecule has 0 fully saturated rings. The molecule has 0 aromatic rings. The third-order valence-corrected chi connectivity index (χ3v) is 1.35. The van der Waals surface area contributed by atoms with Crippen LogP contribution in [0.25, 0.3) is 0 Å². The Kier molecular flexibility index (Phi) is 17.7. The Hall–Kier alpha value is -0.250. The number of carboxylic acid groups (broad SMARTS) is 1. The second-order valence-corrected chi connectivity index (χ2v) is 3.83. The molecule has 0 rings (SSSR count). The van der Waals surface area contributed by atoms with Crippen LogP contribution in [0.15, 0.2) is 10.3 Å². The number of aliphatic hydroxyl groups excluding tert-OH is 2. The molecule has 0 radical (unpaired) electrons. The molecule has 0 saturated heterocycles. The zero-order chi connectivity index (χ0) is 13.5. The first kappa shape index (κ1) is 19.1. The van der Waals surface area contributed by atoms with Crippen LogP contribution in [0.2, 0.25) is 0 Å². The van der Waals surface area contributed by atoms with Crippen LogP contribution in [-0.4, -0.2) is 60.9 Å². The van der Waals surface area contributed by atoms with Gasteiger partial charge in [-0.05, 0) is 0 Å². The van der Waals surface area contributed by atoms with Gasteiger partial charge in [-0.3, -0.25) is 0 Å². The van der Waals surface area contributed by atoms with E-state index in [9.17, 15) is 4.79 Å². The van der Waals surface area contributed by atoms with Gasteiger partial charge in [-0.25, -0.2) is 4.79 Å². The van der Waals surface area contributed by atoms with Crippen molar-refractivity contribution < 1.29 is 29.6 Å². The van der Waals surface area contributed by atoms with Gasteiger partial charge in [0.25, 0.3) is 0 Å². The summed E-state index contributed by atoms with van der Waals surface area (Å²) in [5.41, 5.74) is 0. The van der Waals surface area contributed by atoms with Crippen LogP contribution in [0.1, 0.15) is 0 Å². The van der Waals surface area contributed by atoms with Gasteiger partial charge >= 0.3 is 5.97 Å². The van der Waals surface area contributed by atoms with E-state index < -0.39 is 5.97 Å². The maximum atomic E-state index is 9.64. The fraction of sp³-hybridized carbons (Fsp3) is 0.667. The van der Waals surface area contributed by atoms with Crippen molar-refractivity contribution in [3.8, 4) is 0 Å². The minimum absolute atomic E-state index is 0.0417. The Morgan fingerprint density at radius 1 is 1.00 bits per heavy atom. The van der Waals surface area contributed by atoms with E-state index in [1.807, 2.05) is 0 Å². The molecule has 0 heterocycles. The van der Waals surface area contributed by atoms with Crippen LogP contribution in [0, 0.1) is 0 Å². The van der Waals surface area contributed by atoms with E-state index in [1.165, 1.54) is 0 Å². The summed E-state index contributed by atoms with van der Waals surface area (Å²) in [6, 6.07) is 0. The molecule has 0 spiro atoms. The van der Waals surface area contributed by atoms with E-state index in [2.05, 4.69) is 25.3 Å². The summed E-state index contributed by atoms with van der Waals surface area (Å²) in [7, 11) is 0. The SMILES string of the molecule is O=C(O)C=C(S)S.OCCOCCOCCO. The van der Waals surface area contributed by atoms with E-state index >= 15 is 0 Å². The Bertz CT molecular complexity index is 198. The van der Waals surface area contributed by atoms with Gasteiger partial charge in [0.1, 0.15) is 0 Å². The van der Waals surface area contributed by atoms with Gasteiger partial charge in [0, 0.05) is 10.3 Å². The van der Waals surface area contributed by atoms with Crippen molar-refractivity contribution in [3.63, 3.8) is 0 Å². The molecule has 0 aromatic carbocycles. The lowest BCUT2D eigenvalue weighted by atomic mass is 10.7. The molecule has 17 heavy (non-hydrogen) atoms. The molecule has 0 aliphatic rings. The second-order valence-electron chi connectivity index (χ2n) is 2.51. The number of carbonyl (C=O) groups is 1. The van der Waals surface area contributed by atoms with Gasteiger partial charge in [-0.15, -0.1) is 25.3 Å². The lowest BCUT2D eigenvalue weighted by molar-refractivity contribution is -0.131. The molecule has 0 aliphatic heterocycles. The van der Waals surface area contributed by atoms with E-state index in [-0.39, 0.29) is 17.5 Å². The van der Waals surface area contributed by atoms with E-state index in [0.717, 1.165) is 6.08 Å². The number of hydrogen-bond donors (Lipinski definition) is 5. The van der Waals surface area contributed by atoms with Crippen LogP contribution in [0.3, 0.4) is 0 Å². The fourth-order valence-electron chi connectivity index (χ4n) is 0.562. The third kappa shape index (κ3) is 25.8. The predicted octanol–water partition coefficient (Wildman–Crippen LogP) is -0.224. The summed E-state index contributed by atoms with van der Waals surface area (Å²) in [6.07, 6.45) is 0.895. The Morgan fingerprint density at radius 2 is 1.41 bits per heavy atom. The smallest absolute Gasteiger partial charge is 0.329 e. The maximum absolute atomic E-state index is 9.64. The number of carboxylic acids is 1. The van der Waals surface area contributed by atoms with Crippen molar-refractivity contribution in [1.82, 2.24) is 0 Å². The molecule has 0 aliphatic carbocycles. The second kappa shape index (κ2) is 15.8. The summed E-state index contributed by atoms with van der Waals surface area (Å²) < 4.78 is 9.95. The normalized spacial score (nSPS) is 9.18. The number of aliphatic hydroxyl groups is 2. The van der Waals surface area contributed by atoms with Crippen LogP contribution < -0.4 is 0 Å². The third-order valence-electron chi connectivity index (χ3n) is 1.10. The molecule has 0 atom stereocenters. The van der Waals surface area contributed by atoms with Crippen LogP contribution in [-0.2, 0) is 14.3 Å². The predicted molar refractivity (Wildman–Crippen MR) is 69.5 cm³/mol. The highest BCUT2D eigenvalue weighted by atomic mass is 32.2. The molecule has 102 valence electrons. The molecule has 0 unspecified atom stereocenters. The molecule has 0 amide bonds. The van der Waals surface area contributed by atoms with Gasteiger partial charge in [0.15, 0.2) is 0 Å². The largest absolute Gasteiger partial charge is 0.478 e. The Balaban J connectivity index is 0. The average Bonchev–Trinajstić information content (AvgIpc) is 2.22. The zero-order valence-corrected chi connectivity index (χ0v) is 11.1. The molecule has 6 nitrogen and oxygen atoms in total. The Labute approximate surface area is 111 Å². The zero-order valence-electron chi connectivity index (χ0n) is 9.28. The van der Waals surface area contributed by atoms with Gasteiger partial charge in [0.05, 0.1) is 39.6 Å². The molecular formula is C9H18O6S2. The number of aliphatic carboxylic acids is 1. The first-order valence-electron chi connectivity index (χ1n) is 4.74. The van der Waals surface area contributed by atoms with Crippen molar-refractivity contribution >= 4 is 31.2 Å². The summed E-state index contributed by atoms with van der Waals surface area (Å²) in [5, 5.41) is 24.4. The minimum atomic E-state index is -1.03. The van der Waals surface area contributed by atoms with Crippen molar-refractivity contribution in [3.05, 3.63) is 10.3 Å². The topological polar surface area (TPSA) is 96.2 Å². The van der Waals surface area contributed by atoms with E-state index in [4.69, 9.17) is 24.8 Å². The minimum Gasteiger partial charge on any atom is -0.478 e. The number of hydrogen-bond acceptors (Lipinski definition) is 7. The van der Waals surface area contributed by atoms with Crippen molar-refractivity contribution in [2.75, 3.05) is 39.6 Å². The quantitative estimate of drug-likeness (QED) is 0.240. The molecule has 3 N–H and O–H groups in total. The monoisotopic (exact) mass is 286 g/mol. The van der Waals surface area contributed by atoms with Crippen molar-refractivity contribution in [2.45, 2.75) is 0 Å². The molecular weight excluding hydrogens is 268 g/mol. The lowest BCUT2D eigenvalue weighted by Crippen LogP contribution is -2.09. The van der Waals surface area contributed by atoms with Gasteiger partial charge in [-0.2, -0.15) is 0 Å². The van der Waals surface area contributed by atoms with Gasteiger partial charge < -0.3 is 24.8 Å². The number of rotatable bonds is 8. The van der Waals surface area contributed by atoms with Gasteiger partial charge in [-0.1, -0.05) is 0 Å². The summed E-state index contributed by atoms with van der Waals surface area (Å²) in [4.78, 5) is 9.64. The maximum Gasteiger partial charge on any atom is 0.329 e. The molecule has 0 bridgehead atoms. The average molecular weight is 286 g/mol. The summed E-state index contributed by atoms with van der Waals surface area (Å²) in [6.45, 7) is 1.73. The standard InChI is InChI=1S/C6H14O4.C3H4O2S2/c7-1-3-9-5-6-10-4-2-8;4-2(5)1-3(6)7/h7-8H,1-6H2;1,6-7H,(H,4,5). The highest BCUT2D eigenvalue weighted by molar-refractivity contribution is 8.05. The Morgan fingerprint density at radius 3 is 1.59 bits per heavy atom. The highest BCUT2D eigenvalue weighted by Crippen LogP contribution is 2.02. The van der Waals surface area contributed by atoms with Crippen LogP contribution >= 0.6 is 25.3 Å². The number of ether oxygens (including phenoxy) is 2. The van der Waals surface area contributed by atoms with Crippen molar-refractivity contribution in [1.29, 1.82) is 0 Å². The number of thiol groups is 2. The van der Waals surface area contributed by atoms with Crippen molar-refractivity contribution in [2.24, 2.45) is 0 Å². The van der Waals surface area contributed by atoms with Crippen LogP contribution in [0.4, 0.5) is 0 Å². The highest BCUT2D eigenvalue weighted by Gasteiger charge is 1.87. The molecule has 0 saturated carbocycles. The van der Waals surface area contributed by atoms with Gasteiger partial charge in [0.2, 0.25) is 0 Å². The van der Waals surface area contributed by atoms with E-state index in [0.29, 0.717) is 26.4 Å². The fourth-order valence-corrected chi connectivity index (χ4v) is 0.782. The first-order chi connectivity index (χ1) is 8.04. The van der Waals surface area contributed by atoms with E-state index in [1.54, 1.807) is 0 Å². The first-order valence-corrected chi connectivity index (χ1v) is 5.63. The summed E-state index contributed by atoms with van der Waals surface area (Å²) >= 11 is 7.16. The lowest BCUT2D eigenvalue weighted by Gasteiger charge is -2.01.